The molecule has 2 nitrogen and oxygen atoms in total. The van der Waals surface area contributed by atoms with Crippen LogP contribution in [0.4, 0.5) is 0 Å². The van der Waals surface area contributed by atoms with Crippen molar-refractivity contribution in [1.29, 1.82) is 0 Å². The molecule has 1 heterocycles. The molecule has 1 aromatic heterocycles. The molecule has 0 spiro atoms. The van der Waals surface area contributed by atoms with E-state index in [1.807, 2.05) is 23.1 Å². The van der Waals surface area contributed by atoms with Crippen molar-refractivity contribution in [1.82, 2.24) is 10.3 Å². The first-order chi connectivity index (χ1) is 7.67. The molecule has 0 saturated carbocycles. The van der Waals surface area contributed by atoms with Crippen molar-refractivity contribution in [3.63, 3.8) is 0 Å². The van der Waals surface area contributed by atoms with E-state index in [-0.39, 0.29) is 0 Å². The molecule has 0 aliphatic carbocycles. The van der Waals surface area contributed by atoms with Gasteiger partial charge in [-0.1, -0.05) is 20.8 Å². The van der Waals surface area contributed by atoms with Gasteiger partial charge in [0.1, 0.15) is 5.01 Å². The zero-order valence-electron chi connectivity index (χ0n) is 10.7. The first-order valence-corrected chi connectivity index (χ1v) is 8.05. The predicted octanol–water partition coefficient (Wildman–Crippen LogP) is 3.31. The Labute approximate surface area is 107 Å². The largest absolute Gasteiger partial charge is 0.312 e. The average molecular weight is 258 g/mol. The van der Waals surface area contributed by atoms with Gasteiger partial charge in [-0.3, -0.25) is 0 Å². The van der Waals surface area contributed by atoms with Crippen molar-refractivity contribution in [3.05, 3.63) is 15.6 Å². The molecule has 92 valence electrons. The fourth-order valence-electron chi connectivity index (χ4n) is 1.51. The summed E-state index contributed by atoms with van der Waals surface area (Å²) in [5, 5.41) is 4.76. The lowest BCUT2D eigenvalue weighted by Crippen LogP contribution is -2.18. The van der Waals surface area contributed by atoms with E-state index in [9.17, 15) is 0 Å². The number of nitrogens with zero attached hydrogens (tertiary/aromatic N) is 1. The van der Waals surface area contributed by atoms with E-state index in [4.69, 9.17) is 0 Å². The lowest BCUT2D eigenvalue weighted by atomic mass is 10.2. The SMILES string of the molecule is CCc1nc(CSC)sc1CNCC(C)C. The molecule has 16 heavy (non-hydrogen) atoms. The fraction of sp³-hybridized carbons (Fsp3) is 0.750. The van der Waals surface area contributed by atoms with Crippen molar-refractivity contribution in [3.8, 4) is 0 Å². The minimum absolute atomic E-state index is 0.712. The zero-order valence-corrected chi connectivity index (χ0v) is 12.3. The van der Waals surface area contributed by atoms with Gasteiger partial charge in [-0.25, -0.2) is 4.98 Å². The van der Waals surface area contributed by atoms with E-state index >= 15 is 0 Å². The third kappa shape index (κ3) is 4.44. The molecule has 0 radical (unpaired) electrons. The van der Waals surface area contributed by atoms with E-state index in [1.54, 1.807) is 0 Å². The second kappa shape index (κ2) is 7.30. The minimum Gasteiger partial charge on any atom is -0.312 e. The normalized spacial score (nSPS) is 11.3. The first kappa shape index (κ1) is 14.0. The monoisotopic (exact) mass is 258 g/mol. The van der Waals surface area contributed by atoms with E-state index < -0.39 is 0 Å². The third-order valence-corrected chi connectivity index (χ3v) is 4.11. The summed E-state index contributed by atoms with van der Waals surface area (Å²) in [5.41, 5.74) is 1.28. The Morgan fingerprint density at radius 2 is 2.19 bits per heavy atom. The molecule has 0 aliphatic heterocycles. The first-order valence-electron chi connectivity index (χ1n) is 5.84. The predicted molar refractivity (Wildman–Crippen MR) is 75.3 cm³/mol. The van der Waals surface area contributed by atoms with Gasteiger partial charge in [0.15, 0.2) is 0 Å². The van der Waals surface area contributed by atoms with E-state index in [0.717, 1.165) is 25.3 Å². The number of thiazole rings is 1. The molecule has 0 unspecified atom stereocenters. The molecular weight excluding hydrogens is 236 g/mol. The van der Waals surface area contributed by atoms with Crippen LogP contribution < -0.4 is 5.32 Å². The van der Waals surface area contributed by atoms with Crippen molar-refractivity contribution in [2.45, 2.75) is 39.5 Å². The van der Waals surface area contributed by atoms with Crippen LogP contribution in [0.2, 0.25) is 0 Å². The lowest BCUT2D eigenvalue weighted by Gasteiger charge is -2.06. The fourth-order valence-corrected chi connectivity index (χ4v) is 3.33. The Morgan fingerprint density at radius 1 is 1.44 bits per heavy atom. The van der Waals surface area contributed by atoms with Gasteiger partial charge in [-0.15, -0.1) is 11.3 Å². The topological polar surface area (TPSA) is 24.9 Å². The highest BCUT2D eigenvalue weighted by Gasteiger charge is 2.09. The quantitative estimate of drug-likeness (QED) is 0.812. The van der Waals surface area contributed by atoms with Crippen LogP contribution in [0.3, 0.4) is 0 Å². The summed E-state index contributed by atoms with van der Waals surface area (Å²) in [4.78, 5) is 6.10. The highest BCUT2D eigenvalue weighted by Crippen LogP contribution is 2.22. The van der Waals surface area contributed by atoms with Crippen LogP contribution in [-0.2, 0) is 18.7 Å². The van der Waals surface area contributed by atoms with Gasteiger partial charge in [0.2, 0.25) is 0 Å². The zero-order chi connectivity index (χ0) is 12.0. The number of thioether (sulfide) groups is 1. The minimum atomic E-state index is 0.712. The van der Waals surface area contributed by atoms with Gasteiger partial charge in [0, 0.05) is 17.2 Å². The maximum atomic E-state index is 4.67. The van der Waals surface area contributed by atoms with Crippen molar-refractivity contribution >= 4 is 23.1 Å². The number of aryl methyl sites for hydroxylation is 1. The van der Waals surface area contributed by atoms with Crippen LogP contribution in [0.1, 0.15) is 36.3 Å². The molecule has 1 N–H and O–H groups in total. The Hall–Kier alpha value is -0.0600. The molecule has 0 amide bonds. The summed E-state index contributed by atoms with van der Waals surface area (Å²) >= 11 is 3.71. The number of nitrogens with one attached hydrogen (secondary N) is 1. The van der Waals surface area contributed by atoms with Crippen LogP contribution in [0, 0.1) is 5.92 Å². The van der Waals surface area contributed by atoms with Crippen LogP contribution in [-0.4, -0.2) is 17.8 Å². The number of hydrogen-bond acceptors (Lipinski definition) is 4. The highest BCUT2D eigenvalue weighted by molar-refractivity contribution is 7.97. The van der Waals surface area contributed by atoms with E-state index in [2.05, 4.69) is 37.3 Å². The summed E-state index contributed by atoms with van der Waals surface area (Å²) in [6.45, 7) is 8.72. The standard InChI is InChI=1S/C12H22N2S2/c1-5-10-11(7-13-6-9(2)3)16-12(14-10)8-15-4/h9,13H,5-8H2,1-4H3. The van der Waals surface area contributed by atoms with Crippen molar-refractivity contribution in [2.75, 3.05) is 12.8 Å². The third-order valence-electron chi connectivity index (χ3n) is 2.26. The van der Waals surface area contributed by atoms with Crippen LogP contribution >= 0.6 is 23.1 Å². The molecular formula is C12H22N2S2. The lowest BCUT2D eigenvalue weighted by molar-refractivity contribution is 0.553. The van der Waals surface area contributed by atoms with Crippen molar-refractivity contribution < 1.29 is 0 Å². The smallest absolute Gasteiger partial charge is 0.103 e. The van der Waals surface area contributed by atoms with Gasteiger partial charge in [0.25, 0.3) is 0 Å². The maximum absolute atomic E-state index is 4.67. The molecule has 0 bridgehead atoms. The van der Waals surface area contributed by atoms with Gasteiger partial charge < -0.3 is 5.32 Å². The molecule has 0 atom stereocenters. The molecule has 0 fully saturated rings. The van der Waals surface area contributed by atoms with Gasteiger partial charge in [-0.05, 0) is 25.1 Å². The summed E-state index contributed by atoms with van der Waals surface area (Å²) in [6.07, 6.45) is 3.17. The second-order valence-corrected chi connectivity index (χ2v) is 6.32. The number of rotatable bonds is 7. The second-order valence-electron chi connectivity index (χ2n) is 4.29. The van der Waals surface area contributed by atoms with E-state index in [1.165, 1.54) is 15.6 Å². The molecule has 1 rings (SSSR count). The Balaban J connectivity index is 2.55. The Morgan fingerprint density at radius 3 is 2.75 bits per heavy atom. The molecule has 0 saturated heterocycles. The van der Waals surface area contributed by atoms with Crippen LogP contribution in [0.15, 0.2) is 0 Å². The summed E-state index contributed by atoms with van der Waals surface area (Å²) in [5.74, 6) is 1.76. The summed E-state index contributed by atoms with van der Waals surface area (Å²) in [7, 11) is 0. The number of aromatic nitrogens is 1. The maximum Gasteiger partial charge on any atom is 0.103 e. The molecule has 0 aromatic carbocycles. The Bertz CT molecular complexity index is 308. The van der Waals surface area contributed by atoms with Crippen LogP contribution in [0.25, 0.3) is 0 Å². The van der Waals surface area contributed by atoms with Crippen molar-refractivity contribution in [2.24, 2.45) is 5.92 Å². The van der Waals surface area contributed by atoms with Crippen LogP contribution in [0.5, 0.6) is 0 Å². The summed E-state index contributed by atoms with van der Waals surface area (Å²) in [6, 6.07) is 0. The number of hydrogen-bond donors (Lipinski definition) is 1. The molecule has 4 heteroatoms. The average Bonchev–Trinajstić information content (AvgIpc) is 2.60. The Kier molecular flexibility index (Phi) is 6.39. The summed E-state index contributed by atoms with van der Waals surface area (Å²) < 4.78 is 0. The van der Waals surface area contributed by atoms with Gasteiger partial charge in [0.05, 0.1) is 5.69 Å². The highest BCUT2D eigenvalue weighted by atomic mass is 32.2. The van der Waals surface area contributed by atoms with Gasteiger partial charge >= 0.3 is 0 Å². The van der Waals surface area contributed by atoms with E-state index in [0.29, 0.717) is 5.92 Å². The molecule has 0 aliphatic rings. The molecule has 1 aromatic rings. The van der Waals surface area contributed by atoms with Gasteiger partial charge in [-0.2, -0.15) is 11.8 Å².